The minimum absolute atomic E-state index is 0.102. The molecule has 0 radical (unpaired) electrons. The Kier molecular flexibility index (Phi) is 7.03. The van der Waals surface area contributed by atoms with Crippen LogP contribution in [-0.2, 0) is 26.1 Å². The fraction of sp³-hybridized carbons (Fsp3) is 0.562. The van der Waals surface area contributed by atoms with Gasteiger partial charge >= 0.3 is 0 Å². The number of nitrogens with one attached hydrogen (secondary N) is 1. The average Bonchev–Trinajstić information content (AvgIpc) is 3.02. The van der Waals surface area contributed by atoms with Crippen molar-refractivity contribution in [2.45, 2.75) is 19.4 Å². The molecular weight excluding hydrogens is 348 g/mol. The van der Waals surface area contributed by atoms with E-state index in [-0.39, 0.29) is 32.2 Å². The smallest absolute Gasteiger partial charge is 0.231 e. The zero-order chi connectivity index (χ0) is 18.3. The number of ether oxygens (including phenoxy) is 3. The molecule has 1 aliphatic heterocycles. The number of benzene rings is 1. The first-order valence-electron chi connectivity index (χ1n) is 7.99. The van der Waals surface area contributed by atoms with Gasteiger partial charge in [0.15, 0.2) is 11.5 Å². The second-order valence-corrected chi connectivity index (χ2v) is 7.71. The van der Waals surface area contributed by atoms with Crippen molar-refractivity contribution in [2.75, 3.05) is 39.9 Å². The summed E-state index contributed by atoms with van der Waals surface area (Å²) >= 11 is 0. The highest BCUT2D eigenvalue weighted by Crippen LogP contribution is 2.32. The van der Waals surface area contributed by atoms with Gasteiger partial charge < -0.3 is 19.5 Å². The standard InChI is InChI=1S/C16H24N2O6S/c1-22-9-3-7-17-16(19)6-8-18(25(2,20)21)11-13-4-5-14-15(10-13)24-12-23-14/h4-5,10H,3,6-9,11-12H2,1-2H3,(H,17,19). The molecule has 1 N–H and O–H groups in total. The Morgan fingerprint density at radius 1 is 1.32 bits per heavy atom. The lowest BCUT2D eigenvalue weighted by atomic mass is 10.2. The van der Waals surface area contributed by atoms with Crippen molar-refractivity contribution in [1.82, 2.24) is 9.62 Å². The summed E-state index contributed by atoms with van der Waals surface area (Å²) in [5.41, 5.74) is 0.773. The van der Waals surface area contributed by atoms with Crippen molar-refractivity contribution in [1.29, 1.82) is 0 Å². The van der Waals surface area contributed by atoms with Gasteiger partial charge in [-0.3, -0.25) is 4.79 Å². The largest absolute Gasteiger partial charge is 0.454 e. The Bertz CT molecular complexity index is 692. The second-order valence-electron chi connectivity index (χ2n) is 5.73. The molecule has 0 aliphatic carbocycles. The summed E-state index contributed by atoms with van der Waals surface area (Å²) < 4.78 is 40.7. The Hall–Kier alpha value is -1.84. The third-order valence-corrected chi connectivity index (χ3v) is 4.95. The monoisotopic (exact) mass is 372 g/mol. The van der Waals surface area contributed by atoms with Crippen LogP contribution < -0.4 is 14.8 Å². The lowest BCUT2D eigenvalue weighted by molar-refractivity contribution is -0.121. The maximum atomic E-state index is 12.0. The van der Waals surface area contributed by atoms with Gasteiger partial charge in [0.05, 0.1) is 6.26 Å². The molecule has 0 saturated carbocycles. The number of nitrogens with zero attached hydrogens (tertiary/aromatic N) is 1. The molecule has 25 heavy (non-hydrogen) atoms. The van der Waals surface area contributed by atoms with Gasteiger partial charge in [-0.15, -0.1) is 0 Å². The molecule has 140 valence electrons. The maximum Gasteiger partial charge on any atom is 0.231 e. The van der Waals surface area contributed by atoms with E-state index in [1.54, 1.807) is 25.3 Å². The molecule has 0 aromatic heterocycles. The van der Waals surface area contributed by atoms with Gasteiger partial charge in [-0.1, -0.05) is 6.07 Å². The van der Waals surface area contributed by atoms with Crippen molar-refractivity contribution in [3.63, 3.8) is 0 Å². The van der Waals surface area contributed by atoms with Gasteiger partial charge in [0.2, 0.25) is 22.7 Å². The van der Waals surface area contributed by atoms with Crippen LogP contribution in [0.5, 0.6) is 11.5 Å². The Morgan fingerprint density at radius 3 is 2.80 bits per heavy atom. The van der Waals surface area contributed by atoms with Crippen molar-refractivity contribution in [3.05, 3.63) is 23.8 Å². The molecule has 1 heterocycles. The molecule has 1 aromatic rings. The molecule has 0 fully saturated rings. The number of hydrogen-bond acceptors (Lipinski definition) is 6. The molecular formula is C16H24N2O6S. The third-order valence-electron chi connectivity index (χ3n) is 3.70. The first-order valence-corrected chi connectivity index (χ1v) is 9.84. The molecule has 0 unspecified atom stereocenters. The average molecular weight is 372 g/mol. The number of rotatable bonds is 10. The van der Waals surface area contributed by atoms with E-state index < -0.39 is 10.0 Å². The summed E-state index contributed by atoms with van der Waals surface area (Å²) in [6, 6.07) is 5.29. The Morgan fingerprint density at radius 2 is 2.08 bits per heavy atom. The van der Waals surface area contributed by atoms with E-state index in [1.165, 1.54) is 4.31 Å². The van der Waals surface area contributed by atoms with Gasteiger partial charge in [-0.05, 0) is 24.1 Å². The van der Waals surface area contributed by atoms with Crippen LogP contribution >= 0.6 is 0 Å². The van der Waals surface area contributed by atoms with Crippen LogP contribution in [0.3, 0.4) is 0 Å². The summed E-state index contributed by atoms with van der Waals surface area (Å²) in [7, 11) is -1.84. The van der Waals surface area contributed by atoms with Crippen LogP contribution in [0.25, 0.3) is 0 Å². The molecule has 9 heteroatoms. The van der Waals surface area contributed by atoms with Crippen LogP contribution in [0.15, 0.2) is 18.2 Å². The number of sulfonamides is 1. The van der Waals surface area contributed by atoms with E-state index in [0.29, 0.717) is 24.7 Å². The number of methoxy groups -OCH3 is 1. The summed E-state index contributed by atoms with van der Waals surface area (Å²) in [6.07, 6.45) is 1.95. The minimum atomic E-state index is -3.44. The van der Waals surface area contributed by atoms with Crippen molar-refractivity contribution in [3.8, 4) is 11.5 Å². The lowest BCUT2D eigenvalue weighted by Gasteiger charge is -2.20. The highest BCUT2D eigenvalue weighted by molar-refractivity contribution is 7.88. The first-order chi connectivity index (χ1) is 11.9. The van der Waals surface area contributed by atoms with E-state index in [0.717, 1.165) is 18.2 Å². The zero-order valence-electron chi connectivity index (χ0n) is 14.5. The quantitative estimate of drug-likeness (QED) is 0.608. The van der Waals surface area contributed by atoms with E-state index >= 15 is 0 Å². The number of hydrogen-bond donors (Lipinski definition) is 1. The normalized spacial score (nSPS) is 13.2. The fourth-order valence-electron chi connectivity index (χ4n) is 2.36. The summed E-state index contributed by atoms with van der Waals surface area (Å²) in [6.45, 7) is 1.53. The molecule has 1 aliphatic rings. The highest BCUT2D eigenvalue weighted by Gasteiger charge is 2.20. The predicted octanol–water partition coefficient (Wildman–Crippen LogP) is 0.720. The predicted molar refractivity (Wildman–Crippen MR) is 91.9 cm³/mol. The number of carbonyl (C=O) groups excluding carboxylic acids is 1. The summed E-state index contributed by atoms with van der Waals surface area (Å²) in [5.74, 6) is 1.06. The molecule has 0 atom stereocenters. The second kappa shape index (κ2) is 9.02. The Balaban J connectivity index is 1.90. The summed E-state index contributed by atoms with van der Waals surface area (Å²) in [4.78, 5) is 11.8. The van der Waals surface area contributed by atoms with E-state index in [9.17, 15) is 13.2 Å². The van der Waals surface area contributed by atoms with Crippen LogP contribution in [0.1, 0.15) is 18.4 Å². The van der Waals surface area contributed by atoms with Gasteiger partial charge in [-0.2, -0.15) is 4.31 Å². The minimum Gasteiger partial charge on any atom is -0.454 e. The van der Waals surface area contributed by atoms with Crippen molar-refractivity contribution < 1.29 is 27.4 Å². The van der Waals surface area contributed by atoms with Gasteiger partial charge in [0.1, 0.15) is 0 Å². The lowest BCUT2D eigenvalue weighted by Crippen LogP contribution is -2.34. The fourth-order valence-corrected chi connectivity index (χ4v) is 3.17. The van der Waals surface area contributed by atoms with Crippen molar-refractivity contribution >= 4 is 15.9 Å². The van der Waals surface area contributed by atoms with E-state index in [4.69, 9.17) is 14.2 Å². The van der Waals surface area contributed by atoms with Crippen LogP contribution in [0.2, 0.25) is 0 Å². The van der Waals surface area contributed by atoms with Gasteiger partial charge in [0.25, 0.3) is 0 Å². The maximum absolute atomic E-state index is 12.0. The molecule has 1 amide bonds. The van der Waals surface area contributed by atoms with Crippen molar-refractivity contribution in [2.24, 2.45) is 0 Å². The third kappa shape index (κ3) is 6.18. The molecule has 0 saturated heterocycles. The number of carbonyl (C=O) groups is 1. The summed E-state index contributed by atoms with van der Waals surface area (Å²) in [5, 5.41) is 2.75. The highest BCUT2D eigenvalue weighted by atomic mass is 32.2. The topological polar surface area (TPSA) is 94.2 Å². The molecule has 1 aromatic carbocycles. The SMILES string of the molecule is COCCCNC(=O)CCN(Cc1ccc2c(c1)OCO2)S(C)(=O)=O. The van der Waals surface area contributed by atoms with Crippen LogP contribution in [-0.4, -0.2) is 58.5 Å². The molecule has 0 spiro atoms. The van der Waals surface area contributed by atoms with Gasteiger partial charge in [-0.25, -0.2) is 8.42 Å². The van der Waals surface area contributed by atoms with Crippen LogP contribution in [0.4, 0.5) is 0 Å². The first kappa shape index (κ1) is 19.5. The molecule has 0 bridgehead atoms. The zero-order valence-corrected chi connectivity index (χ0v) is 15.3. The van der Waals surface area contributed by atoms with E-state index in [2.05, 4.69) is 5.32 Å². The van der Waals surface area contributed by atoms with Crippen LogP contribution in [0, 0.1) is 0 Å². The number of amides is 1. The van der Waals surface area contributed by atoms with Gasteiger partial charge in [0, 0.05) is 39.8 Å². The van der Waals surface area contributed by atoms with E-state index in [1.807, 2.05) is 0 Å². The Labute approximate surface area is 148 Å². The molecule has 2 rings (SSSR count). The number of fused-ring (bicyclic) bond motifs is 1. The molecule has 8 nitrogen and oxygen atoms in total.